The molecule has 0 radical (unpaired) electrons. The van der Waals surface area contributed by atoms with Crippen LogP contribution in [0.25, 0.3) is 0 Å². The van der Waals surface area contributed by atoms with E-state index in [9.17, 15) is 0 Å². The van der Waals surface area contributed by atoms with Gasteiger partial charge < -0.3 is 14.8 Å². The zero-order valence-corrected chi connectivity index (χ0v) is 13.5. The molecule has 116 valence electrons. The number of nitrogens with one attached hydrogen (secondary N) is 1. The van der Waals surface area contributed by atoms with Gasteiger partial charge in [0, 0.05) is 29.2 Å². The van der Waals surface area contributed by atoms with Gasteiger partial charge in [0.2, 0.25) is 0 Å². The first kappa shape index (κ1) is 15.2. The SMILES string of the molecule is CCCNC(C1CCCOC1)C1CSc2ccccc2O1. The second-order valence-corrected chi connectivity index (χ2v) is 6.93. The van der Waals surface area contributed by atoms with Crippen LogP contribution in [0.5, 0.6) is 5.75 Å². The maximum atomic E-state index is 6.31. The zero-order chi connectivity index (χ0) is 14.5. The van der Waals surface area contributed by atoms with Crippen molar-refractivity contribution in [2.24, 2.45) is 5.92 Å². The Morgan fingerprint density at radius 3 is 3.10 bits per heavy atom. The summed E-state index contributed by atoms with van der Waals surface area (Å²) in [6.45, 7) is 5.05. The standard InChI is InChI=1S/C17H25NO2S/c1-2-9-18-17(13-6-5-10-19-11-13)15-12-21-16-8-4-3-7-14(16)20-15/h3-4,7-8,13,15,17-18H,2,5-6,9-12H2,1H3. The van der Waals surface area contributed by atoms with Gasteiger partial charge >= 0.3 is 0 Å². The number of para-hydroxylation sites is 1. The monoisotopic (exact) mass is 307 g/mol. The molecule has 1 aromatic rings. The van der Waals surface area contributed by atoms with E-state index in [1.54, 1.807) is 0 Å². The summed E-state index contributed by atoms with van der Waals surface area (Å²) in [6.07, 6.45) is 3.81. The van der Waals surface area contributed by atoms with Crippen molar-refractivity contribution in [2.75, 3.05) is 25.5 Å². The second kappa shape index (κ2) is 7.52. The second-order valence-electron chi connectivity index (χ2n) is 5.87. The van der Waals surface area contributed by atoms with Crippen LogP contribution in [0.15, 0.2) is 29.2 Å². The van der Waals surface area contributed by atoms with E-state index in [0.717, 1.165) is 37.7 Å². The molecule has 1 aromatic carbocycles. The highest BCUT2D eigenvalue weighted by molar-refractivity contribution is 7.99. The van der Waals surface area contributed by atoms with E-state index in [4.69, 9.17) is 9.47 Å². The van der Waals surface area contributed by atoms with E-state index in [2.05, 4.69) is 36.5 Å². The van der Waals surface area contributed by atoms with Gasteiger partial charge in [0.15, 0.2) is 0 Å². The van der Waals surface area contributed by atoms with Crippen LogP contribution >= 0.6 is 11.8 Å². The van der Waals surface area contributed by atoms with E-state index in [1.165, 1.54) is 17.7 Å². The maximum absolute atomic E-state index is 6.31. The van der Waals surface area contributed by atoms with E-state index in [0.29, 0.717) is 12.0 Å². The van der Waals surface area contributed by atoms with Gasteiger partial charge in [-0.1, -0.05) is 19.1 Å². The molecule has 0 aromatic heterocycles. The molecule has 3 unspecified atom stereocenters. The molecule has 2 aliphatic rings. The molecule has 3 rings (SSSR count). The number of rotatable bonds is 5. The Morgan fingerprint density at radius 1 is 1.38 bits per heavy atom. The van der Waals surface area contributed by atoms with Crippen LogP contribution in [0.4, 0.5) is 0 Å². The topological polar surface area (TPSA) is 30.5 Å². The van der Waals surface area contributed by atoms with Crippen LogP contribution in [0.3, 0.4) is 0 Å². The van der Waals surface area contributed by atoms with Crippen LogP contribution in [0, 0.1) is 5.92 Å². The summed E-state index contributed by atoms with van der Waals surface area (Å²) in [7, 11) is 0. The first-order chi connectivity index (χ1) is 10.4. The molecule has 0 bridgehead atoms. The maximum Gasteiger partial charge on any atom is 0.133 e. The molecular weight excluding hydrogens is 282 g/mol. The first-order valence-electron chi connectivity index (χ1n) is 8.08. The van der Waals surface area contributed by atoms with Gasteiger partial charge in [-0.2, -0.15) is 0 Å². The van der Waals surface area contributed by atoms with Crippen molar-refractivity contribution in [3.05, 3.63) is 24.3 Å². The van der Waals surface area contributed by atoms with Crippen LogP contribution in [-0.4, -0.2) is 37.7 Å². The summed E-state index contributed by atoms with van der Waals surface area (Å²) in [6, 6.07) is 8.76. The molecule has 3 nitrogen and oxygen atoms in total. The van der Waals surface area contributed by atoms with Crippen LogP contribution in [0.1, 0.15) is 26.2 Å². The fourth-order valence-electron chi connectivity index (χ4n) is 3.17. The summed E-state index contributed by atoms with van der Waals surface area (Å²) in [5.41, 5.74) is 0. The molecule has 21 heavy (non-hydrogen) atoms. The van der Waals surface area contributed by atoms with Crippen molar-refractivity contribution in [3.8, 4) is 5.75 Å². The molecule has 0 spiro atoms. The molecule has 0 saturated carbocycles. The summed E-state index contributed by atoms with van der Waals surface area (Å²) in [5, 5.41) is 3.72. The minimum Gasteiger partial charge on any atom is -0.487 e. The Hall–Kier alpha value is -0.710. The molecule has 1 saturated heterocycles. The number of hydrogen-bond donors (Lipinski definition) is 1. The Bertz CT molecular complexity index is 448. The van der Waals surface area contributed by atoms with Crippen molar-refractivity contribution in [1.29, 1.82) is 0 Å². The highest BCUT2D eigenvalue weighted by atomic mass is 32.2. The van der Waals surface area contributed by atoms with Gasteiger partial charge in [-0.3, -0.25) is 0 Å². The summed E-state index contributed by atoms with van der Waals surface area (Å²) in [4.78, 5) is 1.27. The molecule has 3 atom stereocenters. The smallest absolute Gasteiger partial charge is 0.133 e. The Kier molecular flexibility index (Phi) is 5.44. The van der Waals surface area contributed by atoms with Gasteiger partial charge in [-0.25, -0.2) is 0 Å². The lowest BCUT2D eigenvalue weighted by Gasteiger charge is -2.38. The van der Waals surface area contributed by atoms with Crippen molar-refractivity contribution < 1.29 is 9.47 Å². The lowest BCUT2D eigenvalue weighted by atomic mass is 9.90. The van der Waals surface area contributed by atoms with Crippen molar-refractivity contribution in [2.45, 2.75) is 43.2 Å². The third-order valence-corrected chi connectivity index (χ3v) is 5.41. The van der Waals surface area contributed by atoms with E-state index in [-0.39, 0.29) is 6.10 Å². The minimum absolute atomic E-state index is 0.239. The van der Waals surface area contributed by atoms with Gasteiger partial charge in [-0.05, 0) is 37.9 Å². The molecule has 2 heterocycles. The van der Waals surface area contributed by atoms with Crippen molar-refractivity contribution in [3.63, 3.8) is 0 Å². The van der Waals surface area contributed by atoms with Crippen LogP contribution in [0.2, 0.25) is 0 Å². The molecule has 2 aliphatic heterocycles. The molecule has 0 amide bonds. The number of thioether (sulfide) groups is 1. The fourth-order valence-corrected chi connectivity index (χ4v) is 4.23. The van der Waals surface area contributed by atoms with E-state index >= 15 is 0 Å². The van der Waals surface area contributed by atoms with Crippen molar-refractivity contribution in [1.82, 2.24) is 5.32 Å². The Labute approximate surface area is 131 Å². The average molecular weight is 307 g/mol. The summed E-state index contributed by atoms with van der Waals surface area (Å²) in [5.74, 6) is 2.63. The largest absolute Gasteiger partial charge is 0.487 e. The highest BCUT2D eigenvalue weighted by Gasteiger charge is 2.34. The third kappa shape index (κ3) is 3.74. The average Bonchev–Trinajstić information content (AvgIpc) is 2.56. The predicted octanol–water partition coefficient (Wildman–Crippen LogP) is 3.33. The quantitative estimate of drug-likeness (QED) is 0.904. The van der Waals surface area contributed by atoms with E-state index < -0.39 is 0 Å². The summed E-state index contributed by atoms with van der Waals surface area (Å²) < 4.78 is 12.0. The van der Waals surface area contributed by atoms with Crippen molar-refractivity contribution >= 4 is 11.8 Å². The molecule has 0 aliphatic carbocycles. The van der Waals surface area contributed by atoms with E-state index in [1.807, 2.05) is 11.8 Å². The van der Waals surface area contributed by atoms with Gasteiger partial charge in [0.25, 0.3) is 0 Å². The number of benzene rings is 1. The number of hydrogen-bond acceptors (Lipinski definition) is 4. The normalized spacial score (nSPS) is 26.7. The summed E-state index contributed by atoms with van der Waals surface area (Å²) >= 11 is 1.92. The third-order valence-electron chi connectivity index (χ3n) is 4.26. The number of ether oxygens (including phenoxy) is 2. The molecule has 4 heteroatoms. The molecule has 1 fully saturated rings. The predicted molar refractivity (Wildman–Crippen MR) is 87.2 cm³/mol. The molecule has 1 N–H and O–H groups in total. The minimum atomic E-state index is 0.239. The number of fused-ring (bicyclic) bond motifs is 1. The Morgan fingerprint density at radius 2 is 2.29 bits per heavy atom. The van der Waals surface area contributed by atoms with Crippen LogP contribution < -0.4 is 10.1 Å². The van der Waals surface area contributed by atoms with Crippen LogP contribution in [-0.2, 0) is 4.74 Å². The fraction of sp³-hybridized carbons (Fsp3) is 0.647. The first-order valence-corrected chi connectivity index (χ1v) is 9.06. The Balaban J connectivity index is 1.71. The van der Waals surface area contributed by atoms with Gasteiger partial charge in [0.1, 0.15) is 11.9 Å². The van der Waals surface area contributed by atoms with Gasteiger partial charge in [0.05, 0.1) is 6.61 Å². The lowest BCUT2D eigenvalue weighted by molar-refractivity contribution is 0.0157. The molecular formula is C17H25NO2S. The lowest BCUT2D eigenvalue weighted by Crippen LogP contribution is -2.52. The zero-order valence-electron chi connectivity index (χ0n) is 12.7. The highest BCUT2D eigenvalue weighted by Crippen LogP contribution is 2.37. The van der Waals surface area contributed by atoms with Gasteiger partial charge in [-0.15, -0.1) is 11.8 Å².